The minimum Gasteiger partial charge on any atom is -0.324 e. The molecule has 0 radical (unpaired) electrons. The molecule has 0 fully saturated rings. The molecule has 0 heterocycles. The normalized spacial score (nSPS) is 13.2. The van der Waals surface area contributed by atoms with Crippen LogP contribution >= 0.6 is 11.6 Å². The highest BCUT2D eigenvalue weighted by Gasteiger charge is 2.14. The molecule has 0 aliphatic carbocycles. The predicted octanol–water partition coefficient (Wildman–Crippen LogP) is 5.02. The van der Waals surface area contributed by atoms with Crippen LogP contribution < -0.4 is 5.73 Å². The average molecular weight is 306 g/mol. The maximum Gasteiger partial charge on any atom is 0.141 e. The van der Waals surface area contributed by atoms with Gasteiger partial charge in [0.15, 0.2) is 0 Å². The van der Waals surface area contributed by atoms with Crippen LogP contribution in [0, 0.1) is 5.82 Å². The number of nitrogens with two attached hydrogens (primary N) is 1. The second-order valence-electron chi connectivity index (χ2n) is 6.43. The Balaban J connectivity index is 2.12. The van der Waals surface area contributed by atoms with E-state index < -0.39 is 5.82 Å². The van der Waals surface area contributed by atoms with Gasteiger partial charge in [0.05, 0.1) is 5.02 Å². The Kier molecular flexibility index (Phi) is 4.70. The van der Waals surface area contributed by atoms with Crippen LogP contribution in [0.3, 0.4) is 0 Å². The maximum atomic E-state index is 13.2. The number of rotatable bonds is 3. The van der Waals surface area contributed by atoms with Crippen LogP contribution in [0.5, 0.6) is 0 Å². The van der Waals surface area contributed by atoms with Gasteiger partial charge >= 0.3 is 0 Å². The molecular formula is C18H21ClFN. The van der Waals surface area contributed by atoms with E-state index in [1.54, 1.807) is 12.1 Å². The summed E-state index contributed by atoms with van der Waals surface area (Å²) in [4.78, 5) is 0. The Morgan fingerprint density at radius 1 is 1.10 bits per heavy atom. The largest absolute Gasteiger partial charge is 0.324 e. The Hall–Kier alpha value is -1.38. The molecule has 2 aromatic carbocycles. The van der Waals surface area contributed by atoms with Crippen molar-refractivity contribution >= 4 is 11.6 Å². The molecule has 21 heavy (non-hydrogen) atoms. The Morgan fingerprint density at radius 2 is 1.71 bits per heavy atom. The first-order valence-electron chi connectivity index (χ1n) is 7.07. The first-order valence-corrected chi connectivity index (χ1v) is 7.45. The predicted molar refractivity (Wildman–Crippen MR) is 87.2 cm³/mol. The molecule has 0 aliphatic rings. The van der Waals surface area contributed by atoms with Crippen LogP contribution in [0.15, 0.2) is 42.5 Å². The van der Waals surface area contributed by atoms with Gasteiger partial charge in [0, 0.05) is 6.04 Å². The maximum absolute atomic E-state index is 13.2. The lowest BCUT2D eigenvalue weighted by Crippen LogP contribution is -2.14. The first kappa shape index (κ1) is 16.0. The van der Waals surface area contributed by atoms with Crippen LogP contribution in [0.2, 0.25) is 5.02 Å². The van der Waals surface area contributed by atoms with Gasteiger partial charge in [-0.15, -0.1) is 0 Å². The van der Waals surface area contributed by atoms with Gasteiger partial charge in [0.1, 0.15) is 5.82 Å². The van der Waals surface area contributed by atoms with E-state index in [2.05, 4.69) is 45.0 Å². The number of hydrogen-bond acceptors (Lipinski definition) is 1. The topological polar surface area (TPSA) is 26.0 Å². The van der Waals surface area contributed by atoms with Crippen LogP contribution in [0.4, 0.5) is 4.39 Å². The fraction of sp³-hybridized carbons (Fsp3) is 0.333. The quantitative estimate of drug-likeness (QED) is 0.846. The number of benzene rings is 2. The molecule has 0 saturated carbocycles. The smallest absolute Gasteiger partial charge is 0.141 e. The first-order chi connectivity index (χ1) is 9.77. The van der Waals surface area contributed by atoms with Crippen molar-refractivity contribution in [2.24, 2.45) is 5.73 Å². The monoisotopic (exact) mass is 305 g/mol. The van der Waals surface area contributed by atoms with E-state index >= 15 is 0 Å². The van der Waals surface area contributed by atoms with Crippen LogP contribution in [0.1, 0.15) is 43.5 Å². The van der Waals surface area contributed by atoms with E-state index in [1.165, 1.54) is 11.6 Å². The molecule has 1 unspecified atom stereocenters. The molecule has 0 bridgehead atoms. The highest BCUT2D eigenvalue weighted by atomic mass is 35.5. The zero-order chi connectivity index (χ0) is 15.6. The molecule has 0 aromatic heterocycles. The van der Waals surface area contributed by atoms with Crippen molar-refractivity contribution in [2.75, 3.05) is 0 Å². The Labute approximate surface area is 130 Å². The van der Waals surface area contributed by atoms with Gasteiger partial charge in [0.25, 0.3) is 0 Å². The van der Waals surface area contributed by atoms with Crippen molar-refractivity contribution in [1.82, 2.24) is 0 Å². The van der Waals surface area contributed by atoms with Crippen molar-refractivity contribution in [2.45, 2.75) is 38.6 Å². The van der Waals surface area contributed by atoms with Gasteiger partial charge in [-0.1, -0.05) is 62.7 Å². The van der Waals surface area contributed by atoms with Crippen molar-refractivity contribution in [3.05, 3.63) is 70.0 Å². The number of halogens is 2. The lowest BCUT2D eigenvalue weighted by Gasteiger charge is -2.19. The molecule has 0 amide bonds. The van der Waals surface area contributed by atoms with Crippen molar-refractivity contribution in [1.29, 1.82) is 0 Å². The standard InChI is InChI=1S/C18H21ClFN/c1-18(2,3)14-7-4-12(5-8-14)10-17(21)13-6-9-16(20)15(19)11-13/h4-9,11,17H,10,21H2,1-3H3. The minimum atomic E-state index is -0.415. The van der Waals surface area contributed by atoms with Gasteiger partial charge in [-0.05, 0) is 40.7 Å². The van der Waals surface area contributed by atoms with E-state index in [0.717, 1.165) is 11.1 Å². The van der Waals surface area contributed by atoms with E-state index in [9.17, 15) is 4.39 Å². The average Bonchev–Trinajstić information content (AvgIpc) is 2.41. The van der Waals surface area contributed by atoms with Crippen LogP contribution in [-0.2, 0) is 11.8 Å². The van der Waals surface area contributed by atoms with Crippen LogP contribution in [-0.4, -0.2) is 0 Å². The second kappa shape index (κ2) is 6.17. The van der Waals surface area contributed by atoms with Gasteiger partial charge in [-0.25, -0.2) is 4.39 Å². The van der Waals surface area contributed by atoms with Crippen LogP contribution in [0.25, 0.3) is 0 Å². The highest BCUT2D eigenvalue weighted by molar-refractivity contribution is 6.30. The van der Waals surface area contributed by atoms with Gasteiger partial charge in [0.2, 0.25) is 0 Å². The molecule has 112 valence electrons. The van der Waals surface area contributed by atoms with Gasteiger partial charge < -0.3 is 5.73 Å². The van der Waals surface area contributed by atoms with E-state index in [4.69, 9.17) is 17.3 Å². The summed E-state index contributed by atoms with van der Waals surface area (Å²) in [5.41, 5.74) is 9.64. The number of hydrogen-bond donors (Lipinski definition) is 1. The van der Waals surface area contributed by atoms with Crippen molar-refractivity contribution in [3.8, 4) is 0 Å². The molecule has 0 spiro atoms. The molecular weight excluding hydrogens is 285 g/mol. The summed E-state index contributed by atoms with van der Waals surface area (Å²) in [6, 6.07) is 12.9. The van der Waals surface area contributed by atoms with Crippen molar-refractivity contribution in [3.63, 3.8) is 0 Å². The third-order valence-corrected chi connectivity index (χ3v) is 3.94. The second-order valence-corrected chi connectivity index (χ2v) is 6.84. The van der Waals surface area contributed by atoms with Crippen molar-refractivity contribution < 1.29 is 4.39 Å². The molecule has 0 saturated heterocycles. The van der Waals surface area contributed by atoms with E-state index in [1.807, 2.05) is 0 Å². The Bertz CT molecular complexity index is 614. The summed E-state index contributed by atoms with van der Waals surface area (Å²) < 4.78 is 13.2. The fourth-order valence-corrected chi connectivity index (χ4v) is 2.44. The van der Waals surface area contributed by atoms with Gasteiger partial charge in [-0.3, -0.25) is 0 Å². The highest BCUT2D eigenvalue weighted by Crippen LogP contribution is 2.25. The van der Waals surface area contributed by atoms with E-state index in [0.29, 0.717) is 6.42 Å². The third-order valence-electron chi connectivity index (χ3n) is 3.65. The third kappa shape index (κ3) is 4.05. The summed E-state index contributed by atoms with van der Waals surface area (Å²) in [5.74, 6) is -0.415. The molecule has 3 heteroatoms. The SMILES string of the molecule is CC(C)(C)c1ccc(CC(N)c2ccc(F)c(Cl)c2)cc1. The zero-order valence-electron chi connectivity index (χ0n) is 12.7. The lowest BCUT2D eigenvalue weighted by molar-refractivity contribution is 0.589. The molecule has 2 aromatic rings. The molecule has 0 aliphatic heterocycles. The molecule has 1 nitrogen and oxygen atoms in total. The fourth-order valence-electron chi connectivity index (χ4n) is 2.26. The molecule has 2 rings (SSSR count). The summed E-state index contributed by atoms with van der Waals surface area (Å²) in [5, 5.41) is 0.117. The Morgan fingerprint density at radius 3 is 2.24 bits per heavy atom. The summed E-state index contributed by atoms with van der Waals surface area (Å²) in [7, 11) is 0. The summed E-state index contributed by atoms with van der Waals surface area (Å²) in [6.45, 7) is 6.57. The summed E-state index contributed by atoms with van der Waals surface area (Å²) >= 11 is 5.80. The zero-order valence-corrected chi connectivity index (χ0v) is 13.4. The summed E-state index contributed by atoms with van der Waals surface area (Å²) in [6.07, 6.45) is 0.701. The minimum absolute atomic E-state index is 0.117. The van der Waals surface area contributed by atoms with E-state index in [-0.39, 0.29) is 16.5 Å². The molecule has 1 atom stereocenters. The van der Waals surface area contributed by atoms with Gasteiger partial charge in [-0.2, -0.15) is 0 Å². The lowest BCUT2D eigenvalue weighted by atomic mass is 9.86. The molecule has 2 N–H and O–H groups in total.